The summed E-state index contributed by atoms with van der Waals surface area (Å²) in [6.45, 7) is 9.49. The summed E-state index contributed by atoms with van der Waals surface area (Å²) in [6, 6.07) is 0.617. The SMILES string of the molecule is Cc1nc(Cl)c(C)c(N(CC(C)C)C2CCCC2)n1. The van der Waals surface area contributed by atoms with Crippen molar-refractivity contribution in [2.75, 3.05) is 11.4 Å². The quantitative estimate of drug-likeness (QED) is 0.776. The smallest absolute Gasteiger partial charge is 0.137 e. The fraction of sp³-hybridized carbons (Fsp3) is 0.733. The number of nitrogens with zero attached hydrogens (tertiary/aromatic N) is 3. The van der Waals surface area contributed by atoms with Gasteiger partial charge in [0.15, 0.2) is 0 Å². The van der Waals surface area contributed by atoms with E-state index in [0.29, 0.717) is 17.1 Å². The van der Waals surface area contributed by atoms with Crippen LogP contribution in [-0.2, 0) is 0 Å². The summed E-state index contributed by atoms with van der Waals surface area (Å²) in [5, 5.41) is 0.592. The van der Waals surface area contributed by atoms with Gasteiger partial charge in [-0.3, -0.25) is 0 Å². The second kappa shape index (κ2) is 6.08. The summed E-state index contributed by atoms with van der Waals surface area (Å²) in [5.41, 5.74) is 1.01. The summed E-state index contributed by atoms with van der Waals surface area (Å²) >= 11 is 6.23. The largest absolute Gasteiger partial charge is 0.353 e. The van der Waals surface area contributed by atoms with Gasteiger partial charge >= 0.3 is 0 Å². The molecule has 0 amide bonds. The van der Waals surface area contributed by atoms with Crippen molar-refractivity contribution in [2.45, 2.75) is 59.4 Å². The third kappa shape index (κ3) is 3.38. The van der Waals surface area contributed by atoms with E-state index in [1.54, 1.807) is 0 Å². The molecule has 1 saturated carbocycles. The zero-order valence-corrected chi connectivity index (χ0v) is 13.2. The lowest BCUT2D eigenvalue weighted by atomic mass is 10.1. The van der Waals surface area contributed by atoms with E-state index in [9.17, 15) is 0 Å². The first-order valence-electron chi connectivity index (χ1n) is 7.26. The average molecular weight is 282 g/mol. The highest BCUT2D eigenvalue weighted by Crippen LogP contribution is 2.31. The molecule has 4 heteroatoms. The van der Waals surface area contributed by atoms with E-state index in [4.69, 9.17) is 11.6 Å². The summed E-state index contributed by atoms with van der Waals surface area (Å²) in [4.78, 5) is 11.4. The zero-order valence-electron chi connectivity index (χ0n) is 12.4. The second-order valence-electron chi connectivity index (χ2n) is 5.99. The van der Waals surface area contributed by atoms with Gasteiger partial charge in [0.2, 0.25) is 0 Å². The Kier molecular flexibility index (Phi) is 4.67. The predicted molar refractivity (Wildman–Crippen MR) is 81.0 cm³/mol. The number of hydrogen-bond acceptors (Lipinski definition) is 3. The van der Waals surface area contributed by atoms with Gasteiger partial charge in [-0.05, 0) is 32.6 Å². The van der Waals surface area contributed by atoms with Crippen LogP contribution in [0, 0.1) is 19.8 Å². The van der Waals surface area contributed by atoms with Crippen molar-refractivity contribution in [1.82, 2.24) is 9.97 Å². The monoisotopic (exact) mass is 281 g/mol. The Labute approximate surface area is 121 Å². The van der Waals surface area contributed by atoms with Crippen molar-refractivity contribution < 1.29 is 0 Å². The van der Waals surface area contributed by atoms with Gasteiger partial charge < -0.3 is 4.90 Å². The molecule has 1 aliphatic carbocycles. The van der Waals surface area contributed by atoms with Gasteiger partial charge in [0.25, 0.3) is 0 Å². The molecule has 1 aromatic rings. The van der Waals surface area contributed by atoms with E-state index in [-0.39, 0.29) is 0 Å². The number of anilines is 1. The molecule has 0 radical (unpaired) electrons. The highest BCUT2D eigenvalue weighted by Gasteiger charge is 2.26. The lowest BCUT2D eigenvalue weighted by molar-refractivity contribution is 0.529. The van der Waals surface area contributed by atoms with Crippen LogP contribution >= 0.6 is 11.6 Å². The number of aromatic nitrogens is 2. The lowest BCUT2D eigenvalue weighted by Gasteiger charge is -2.33. The normalized spacial score (nSPS) is 16.3. The fourth-order valence-electron chi connectivity index (χ4n) is 2.88. The van der Waals surface area contributed by atoms with E-state index in [1.165, 1.54) is 25.7 Å². The van der Waals surface area contributed by atoms with Crippen LogP contribution in [0.4, 0.5) is 5.82 Å². The highest BCUT2D eigenvalue weighted by molar-refractivity contribution is 6.30. The van der Waals surface area contributed by atoms with Crippen LogP contribution < -0.4 is 4.90 Å². The maximum Gasteiger partial charge on any atom is 0.137 e. The molecular weight excluding hydrogens is 258 g/mol. The van der Waals surface area contributed by atoms with E-state index in [2.05, 4.69) is 28.7 Å². The van der Waals surface area contributed by atoms with Crippen molar-refractivity contribution in [1.29, 1.82) is 0 Å². The van der Waals surface area contributed by atoms with Gasteiger partial charge in [0.05, 0.1) is 0 Å². The van der Waals surface area contributed by atoms with Crippen molar-refractivity contribution in [3.8, 4) is 0 Å². The molecule has 0 saturated heterocycles. The molecule has 0 N–H and O–H groups in total. The van der Waals surface area contributed by atoms with Crippen LogP contribution in [0.15, 0.2) is 0 Å². The Bertz CT molecular complexity index is 439. The topological polar surface area (TPSA) is 29.0 Å². The van der Waals surface area contributed by atoms with Crippen LogP contribution in [-0.4, -0.2) is 22.6 Å². The van der Waals surface area contributed by atoms with Crippen LogP contribution in [0.5, 0.6) is 0 Å². The number of aryl methyl sites for hydroxylation is 1. The van der Waals surface area contributed by atoms with Crippen LogP contribution in [0.3, 0.4) is 0 Å². The fourth-order valence-corrected chi connectivity index (χ4v) is 3.08. The van der Waals surface area contributed by atoms with Crippen molar-refractivity contribution in [2.24, 2.45) is 5.92 Å². The minimum Gasteiger partial charge on any atom is -0.353 e. The standard InChI is InChI=1S/C15H24ClN3/c1-10(2)9-19(13-7-5-6-8-13)15-11(3)14(16)17-12(4)18-15/h10,13H,5-9H2,1-4H3. The maximum absolute atomic E-state index is 6.23. The van der Waals surface area contributed by atoms with E-state index in [0.717, 1.165) is 23.8 Å². The Hall–Kier alpha value is -0.830. The number of hydrogen-bond donors (Lipinski definition) is 0. The van der Waals surface area contributed by atoms with E-state index < -0.39 is 0 Å². The molecule has 0 unspecified atom stereocenters. The Balaban J connectivity index is 2.36. The molecule has 0 atom stereocenters. The summed E-state index contributed by atoms with van der Waals surface area (Å²) < 4.78 is 0. The molecule has 0 aromatic carbocycles. The minimum absolute atomic E-state index is 0.592. The van der Waals surface area contributed by atoms with Crippen molar-refractivity contribution in [3.05, 3.63) is 16.5 Å². The first-order valence-corrected chi connectivity index (χ1v) is 7.64. The first-order chi connectivity index (χ1) is 8.99. The van der Waals surface area contributed by atoms with Crippen molar-refractivity contribution in [3.63, 3.8) is 0 Å². The Morgan fingerprint density at radius 3 is 2.42 bits per heavy atom. The molecule has 1 aromatic heterocycles. The molecule has 2 rings (SSSR count). The number of rotatable bonds is 4. The van der Waals surface area contributed by atoms with Gasteiger partial charge in [-0.25, -0.2) is 9.97 Å². The van der Waals surface area contributed by atoms with Gasteiger partial charge in [-0.15, -0.1) is 0 Å². The van der Waals surface area contributed by atoms with E-state index >= 15 is 0 Å². The molecule has 0 bridgehead atoms. The van der Waals surface area contributed by atoms with Crippen LogP contribution in [0.1, 0.15) is 50.9 Å². The van der Waals surface area contributed by atoms with Crippen LogP contribution in [0.25, 0.3) is 0 Å². The van der Waals surface area contributed by atoms with E-state index in [1.807, 2.05) is 13.8 Å². The molecule has 19 heavy (non-hydrogen) atoms. The molecule has 3 nitrogen and oxygen atoms in total. The second-order valence-corrected chi connectivity index (χ2v) is 6.35. The average Bonchev–Trinajstić information content (AvgIpc) is 2.84. The predicted octanol–water partition coefficient (Wildman–Crippen LogP) is 4.15. The Morgan fingerprint density at radius 1 is 1.21 bits per heavy atom. The Morgan fingerprint density at radius 2 is 1.84 bits per heavy atom. The summed E-state index contributed by atoms with van der Waals surface area (Å²) in [7, 11) is 0. The van der Waals surface area contributed by atoms with Crippen LogP contribution in [0.2, 0.25) is 5.15 Å². The van der Waals surface area contributed by atoms with Crippen molar-refractivity contribution >= 4 is 17.4 Å². The molecule has 1 fully saturated rings. The van der Waals surface area contributed by atoms with Gasteiger partial charge in [0.1, 0.15) is 16.8 Å². The van der Waals surface area contributed by atoms with Gasteiger partial charge in [-0.2, -0.15) is 0 Å². The molecular formula is C15H24ClN3. The minimum atomic E-state index is 0.592. The maximum atomic E-state index is 6.23. The molecule has 0 aliphatic heterocycles. The highest BCUT2D eigenvalue weighted by atomic mass is 35.5. The lowest BCUT2D eigenvalue weighted by Crippen LogP contribution is -2.37. The molecule has 1 aliphatic rings. The number of halogens is 1. The molecule has 106 valence electrons. The van der Waals surface area contributed by atoms with Gasteiger partial charge in [-0.1, -0.05) is 38.3 Å². The third-order valence-corrected chi connectivity index (χ3v) is 4.14. The zero-order chi connectivity index (χ0) is 14.0. The van der Waals surface area contributed by atoms with Gasteiger partial charge in [0, 0.05) is 18.2 Å². The molecule has 0 spiro atoms. The first kappa shape index (κ1) is 14.6. The summed E-state index contributed by atoms with van der Waals surface area (Å²) in [6.07, 6.45) is 5.20. The summed E-state index contributed by atoms with van der Waals surface area (Å²) in [5.74, 6) is 2.42. The third-order valence-electron chi connectivity index (χ3n) is 3.77. The molecule has 1 heterocycles.